The van der Waals surface area contributed by atoms with Crippen molar-refractivity contribution in [3.05, 3.63) is 72.2 Å². The molecule has 4 aromatic rings. The number of likely N-dealkylation sites (tertiary alicyclic amines) is 1. The average molecular weight is 372 g/mol. The average Bonchev–Trinajstić information content (AvgIpc) is 3.42. The lowest BCUT2D eigenvalue weighted by atomic mass is 9.88. The third-order valence-corrected chi connectivity index (χ3v) is 5.96. The highest BCUT2D eigenvalue weighted by Gasteiger charge is 2.28. The maximum absolute atomic E-state index is 5.97. The summed E-state index contributed by atoms with van der Waals surface area (Å²) in [6, 6.07) is 18.7. The summed E-state index contributed by atoms with van der Waals surface area (Å²) in [7, 11) is 0. The summed E-state index contributed by atoms with van der Waals surface area (Å²) in [5.41, 5.74) is 3.64. The van der Waals surface area contributed by atoms with Gasteiger partial charge in [0.1, 0.15) is 0 Å². The van der Waals surface area contributed by atoms with Crippen molar-refractivity contribution < 1.29 is 4.42 Å². The molecule has 142 valence electrons. The van der Waals surface area contributed by atoms with Gasteiger partial charge < -0.3 is 9.40 Å². The maximum Gasteiger partial charge on any atom is 0.247 e. The van der Waals surface area contributed by atoms with Gasteiger partial charge in [0.15, 0.2) is 0 Å². The second-order valence-electron chi connectivity index (χ2n) is 7.59. The predicted molar refractivity (Wildman–Crippen MR) is 110 cm³/mol. The van der Waals surface area contributed by atoms with E-state index in [2.05, 4.69) is 57.5 Å². The molecule has 0 aliphatic carbocycles. The van der Waals surface area contributed by atoms with Gasteiger partial charge >= 0.3 is 0 Å². The lowest BCUT2D eigenvalue weighted by Gasteiger charge is -2.34. The topological polar surface area (TPSA) is 58.0 Å². The summed E-state index contributed by atoms with van der Waals surface area (Å²) in [5, 5.41) is 9.92. The van der Waals surface area contributed by atoms with Crippen LogP contribution in [0.4, 0.5) is 0 Å². The molecule has 2 aromatic heterocycles. The lowest BCUT2D eigenvalue weighted by molar-refractivity contribution is 0.143. The van der Waals surface area contributed by atoms with Crippen molar-refractivity contribution in [2.75, 3.05) is 13.1 Å². The van der Waals surface area contributed by atoms with Gasteiger partial charge in [0, 0.05) is 22.7 Å². The molecule has 1 saturated heterocycles. The Bertz CT molecular complexity index is 1060. The summed E-state index contributed by atoms with van der Waals surface area (Å²) in [6.45, 7) is 4.23. The minimum Gasteiger partial charge on any atom is -0.419 e. The second kappa shape index (κ2) is 7.24. The van der Waals surface area contributed by atoms with Crippen LogP contribution in [0.3, 0.4) is 0 Å². The van der Waals surface area contributed by atoms with Gasteiger partial charge in [0.25, 0.3) is 0 Å². The standard InChI is InChI=1S/C23H24N4O/c1-16(22-25-26-23(28-22)18-7-3-2-4-8-18)27-13-11-17(12-14-27)20-15-24-21-10-6-5-9-19(20)21/h2-10,15-17,24H,11-14H2,1H3. The van der Waals surface area contributed by atoms with Crippen LogP contribution in [0.1, 0.15) is 43.2 Å². The quantitative estimate of drug-likeness (QED) is 0.538. The summed E-state index contributed by atoms with van der Waals surface area (Å²) < 4.78 is 5.97. The molecule has 0 saturated carbocycles. The Balaban J connectivity index is 1.27. The van der Waals surface area contributed by atoms with E-state index in [0.29, 0.717) is 17.7 Å². The molecule has 28 heavy (non-hydrogen) atoms. The number of piperidine rings is 1. The zero-order valence-corrected chi connectivity index (χ0v) is 16.0. The smallest absolute Gasteiger partial charge is 0.247 e. The van der Waals surface area contributed by atoms with Crippen LogP contribution >= 0.6 is 0 Å². The zero-order valence-electron chi connectivity index (χ0n) is 16.0. The first kappa shape index (κ1) is 17.2. The number of fused-ring (bicyclic) bond motifs is 1. The van der Waals surface area contributed by atoms with Gasteiger partial charge in [-0.1, -0.05) is 36.4 Å². The Hall–Kier alpha value is -2.92. The highest BCUT2D eigenvalue weighted by molar-refractivity contribution is 5.83. The van der Waals surface area contributed by atoms with Crippen LogP contribution in [0.5, 0.6) is 0 Å². The van der Waals surface area contributed by atoms with E-state index < -0.39 is 0 Å². The summed E-state index contributed by atoms with van der Waals surface area (Å²) in [6.07, 6.45) is 4.48. The number of H-pyrrole nitrogens is 1. The van der Waals surface area contributed by atoms with Gasteiger partial charge in [-0.15, -0.1) is 10.2 Å². The van der Waals surface area contributed by atoms with Gasteiger partial charge in [-0.05, 0) is 62.5 Å². The van der Waals surface area contributed by atoms with Crippen molar-refractivity contribution in [1.29, 1.82) is 0 Å². The number of benzene rings is 2. The van der Waals surface area contributed by atoms with Gasteiger partial charge in [-0.2, -0.15) is 0 Å². The van der Waals surface area contributed by atoms with Crippen molar-refractivity contribution >= 4 is 10.9 Å². The molecule has 0 bridgehead atoms. The first-order valence-corrected chi connectivity index (χ1v) is 9.98. The Morgan fingerprint density at radius 1 is 1.00 bits per heavy atom. The van der Waals surface area contributed by atoms with Crippen LogP contribution in [0, 0.1) is 0 Å². The number of rotatable bonds is 4. The molecule has 1 unspecified atom stereocenters. The Labute approximate surface area is 164 Å². The fourth-order valence-corrected chi connectivity index (χ4v) is 4.29. The zero-order chi connectivity index (χ0) is 18.9. The Kier molecular flexibility index (Phi) is 4.45. The maximum atomic E-state index is 5.97. The van der Waals surface area contributed by atoms with Crippen LogP contribution in [0.15, 0.2) is 65.2 Å². The fraction of sp³-hybridized carbons (Fsp3) is 0.304. The molecule has 0 amide bonds. The van der Waals surface area contributed by atoms with Crippen molar-refractivity contribution in [3.63, 3.8) is 0 Å². The number of nitrogens with zero attached hydrogens (tertiary/aromatic N) is 3. The lowest BCUT2D eigenvalue weighted by Crippen LogP contribution is -2.35. The first-order valence-electron chi connectivity index (χ1n) is 9.98. The molecule has 1 aliphatic heterocycles. The van der Waals surface area contributed by atoms with Crippen LogP contribution in [0.2, 0.25) is 0 Å². The van der Waals surface area contributed by atoms with E-state index in [1.165, 1.54) is 16.5 Å². The molecule has 1 fully saturated rings. The fourth-order valence-electron chi connectivity index (χ4n) is 4.29. The number of aromatic nitrogens is 3. The molecule has 3 heterocycles. The summed E-state index contributed by atoms with van der Waals surface area (Å²) in [5.74, 6) is 1.89. The number of hydrogen-bond donors (Lipinski definition) is 1. The molecule has 5 rings (SSSR count). The molecular weight excluding hydrogens is 348 g/mol. The van der Waals surface area contributed by atoms with Gasteiger partial charge in [-0.3, -0.25) is 4.90 Å². The van der Waals surface area contributed by atoms with E-state index in [1.54, 1.807) is 0 Å². The minimum atomic E-state index is 0.133. The third kappa shape index (κ3) is 3.12. The second-order valence-corrected chi connectivity index (χ2v) is 7.59. The monoisotopic (exact) mass is 372 g/mol. The van der Waals surface area contributed by atoms with Gasteiger partial charge in [0.05, 0.1) is 6.04 Å². The van der Waals surface area contributed by atoms with Gasteiger partial charge in [-0.25, -0.2) is 0 Å². The molecule has 5 nitrogen and oxygen atoms in total. The van der Waals surface area contributed by atoms with E-state index in [-0.39, 0.29) is 6.04 Å². The molecule has 0 radical (unpaired) electrons. The van der Waals surface area contributed by atoms with E-state index in [9.17, 15) is 0 Å². The first-order chi connectivity index (χ1) is 13.8. The molecule has 1 N–H and O–H groups in total. The van der Waals surface area contributed by atoms with E-state index in [1.807, 2.05) is 30.3 Å². The molecule has 1 atom stereocenters. The van der Waals surface area contributed by atoms with Crippen LogP contribution in [0.25, 0.3) is 22.4 Å². The van der Waals surface area contributed by atoms with Gasteiger partial charge in [0.2, 0.25) is 11.8 Å². The summed E-state index contributed by atoms with van der Waals surface area (Å²) in [4.78, 5) is 5.87. The number of hydrogen-bond acceptors (Lipinski definition) is 4. The molecule has 1 aliphatic rings. The number of aromatic amines is 1. The van der Waals surface area contributed by atoms with Crippen molar-refractivity contribution in [3.8, 4) is 11.5 Å². The number of nitrogens with one attached hydrogen (secondary N) is 1. The van der Waals surface area contributed by atoms with Crippen LogP contribution < -0.4 is 0 Å². The van der Waals surface area contributed by atoms with Crippen molar-refractivity contribution in [1.82, 2.24) is 20.1 Å². The highest BCUT2D eigenvalue weighted by Crippen LogP contribution is 2.35. The van der Waals surface area contributed by atoms with E-state index in [4.69, 9.17) is 4.42 Å². The van der Waals surface area contributed by atoms with Crippen molar-refractivity contribution in [2.24, 2.45) is 0 Å². The van der Waals surface area contributed by atoms with E-state index in [0.717, 1.165) is 31.5 Å². The van der Waals surface area contributed by atoms with Crippen LogP contribution in [-0.4, -0.2) is 33.2 Å². The molecule has 0 spiro atoms. The Morgan fingerprint density at radius 3 is 2.57 bits per heavy atom. The summed E-state index contributed by atoms with van der Waals surface area (Å²) >= 11 is 0. The largest absolute Gasteiger partial charge is 0.419 e. The SMILES string of the molecule is CC(c1nnc(-c2ccccc2)o1)N1CCC(c2c[nH]c3ccccc23)CC1. The van der Waals surface area contributed by atoms with E-state index >= 15 is 0 Å². The molecule has 2 aromatic carbocycles. The normalized spacial score (nSPS) is 17.2. The highest BCUT2D eigenvalue weighted by atomic mass is 16.4. The van der Waals surface area contributed by atoms with Crippen LogP contribution in [-0.2, 0) is 0 Å². The Morgan fingerprint density at radius 2 is 1.75 bits per heavy atom. The van der Waals surface area contributed by atoms with Crippen molar-refractivity contribution in [2.45, 2.75) is 31.7 Å². The molecular formula is C23H24N4O. The predicted octanol–water partition coefficient (Wildman–Crippen LogP) is 5.16. The third-order valence-electron chi connectivity index (χ3n) is 5.96. The number of para-hydroxylation sites is 1. The molecule has 5 heteroatoms. The minimum absolute atomic E-state index is 0.133.